The highest BCUT2D eigenvalue weighted by molar-refractivity contribution is 5.68. The largest absolute Gasteiger partial charge is 0.519 e. The van der Waals surface area contributed by atoms with Gasteiger partial charge in [0, 0.05) is 14.2 Å². The maximum absolute atomic E-state index is 11.3. The predicted molar refractivity (Wildman–Crippen MR) is 349 cm³/mol. The number of methoxy groups -OCH3 is 7. The van der Waals surface area contributed by atoms with E-state index in [4.69, 9.17) is 53.6 Å². The number of para-hydroxylation sites is 9. The summed E-state index contributed by atoms with van der Waals surface area (Å²) < 4.78 is 63.0. The lowest BCUT2D eigenvalue weighted by molar-refractivity contribution is 0.0915. The number of phenolic OH excluding ortho intramolecular Hbond substituents is 2. The van der Waals surface area contributed by atoms with Gasteiger partial charge in [0.25, 0.3) is 0 Å². The van der Waals surface area contributed by atoms with E-state index >= 15 is 0 Å². The van der Waals surface area contributed by atoms with E-state index in [0.29, 0.717) is 51.7 Å². The summed E-state index contributed by atoms with van der Waals surface area (Å²) in [5, 5.41) is 31.3. The summed E-state index contributed by atoms with van der Waals surface area (Å²) in [4.78, 5) is 73.8. The topological polar surface area (TPSA) is 330 Å². The van der Waals surface area contributed by atoms with Crippen LogP contribution in [0.1, 0.15) is 0 Å². The molecule has 0 radical (unpaired) electrons. The minimum atomic E-state index is -0.739. The summed E-state index contributed by atoms with van der Waals surface area (Å²) in [5.74, 6) is 3.95. The van der Waals surface area contributed by atoms with E-state index in [0.717, 1.165) is 14.2 Å². The van der Waals surface area contributed by atoms with E-state index in [9.17, 15) is 33.6 Å². The lowest BCUT2D eigenvalue weighted by atomic mass is 10.3. The number of phenols is 2. The van der Waals surface area contributed by atoms with E-state index in [-0.39, 0.29) is 0 Å². The maximum atomic E-state index is 11.3. The number of carbonyl (C=O) groups excluding carboxylic acids is 7. The molecule has 0 aliphatic carbocycles. The highest BCUT2D eigenvalue weighted by Gasteiger charge is 2.08. The average molecular weight is 1320 g/mol. The number of rotatable bonds is 7. The van der Waals surface area contributed by atoms with Crippen LogP contribution in [-0.2, 0) is 33.2 Å². The Morgan fingerprint density at radius 2 is 0.305 bits per heavy atom. The second kappa shape index (κ2) is 59.0. The van der Waals surface area contributed by atoms with Crippen molar-refractivity contribution in [2.24, 2.45) is 0 Å². The molecule has 4 N–H and O–H groups in total. The molecule has 0 amide bonds. The number of hydrogen-bond acceptors (Lipinski definition) is 25. The Morgan fingerprint density at radius 3 is 0.400 bits per heavy atom. The Balaban J connectivity index is 0. The molecule has 9 rings (SSSR count). The fraction of sp³-hybridized carbons (Fsp3) is 0.129. The third-order valence-electron chi connectivity index (χ3n) is 9.29. The van der Waals surface area contributed by atoms with Gasteiger partial charge in [0.1, 0.15) is 51.7 Å². The first kappa shape index (κ1) is 84.5. The Kier molecular flexibility index (Phi) is 52.5. The van der Waals surface area contributed by atoms with Crippen molar-refractivity contribution >= 4 is 43.1 Å². The number of benzene rings is 9. The van der Waals surface area contributed by atoms with Gasteiger partial charge in [-0.05, 0) is 109 Å². The SMILES string of the molecule is CO.CO.COC(=O)OC.COC(=O)OC.COC(=O)Oc1ccccc1.COC(=O)Oc1ccccc1.COC(=O)Oc1ccccc1.O=C(Oc1ccccc1)Oc1ccccc1.O=C(Oc1ccccc1)Oc1ccccc1.Oc1ccccc1.Oc1ccccc1. The van der Waals surface area contributed by atoms with Crippen LogP contribution in [0.15, 0.2) is 273 Å². The van der Waals surface area contributed by atoms with Crippen LogP contribution < -0.4 is 33.2 Å². The molecule has 25 nitrogen and oxygen atoms in total. The van der Waals surface area contributed by atoms with E-state index in [1.165, 1.54) is 49.8 Å². The molecule has 25 heteroatoms. The van der Waals surface area contributed by atoms with Gasteiger partial charge in [0.05, 0.1) is 49.8 Å². The molecule has 0 saturated carbocycles. The fourth-order valence-corrected chi connectivity index (χ4v) is 5.28. The first-order chi connectivity index (χ1) is 46.1. The number of carbonyl (C=O) groups is 7. The van der Waals surface area contributed by atoms with E-state index in [1.54, 1.807) is 218 Å². The molecule has 0 unspecified atom stereocenters. The van der Waals surface area contributed by atoms with Crippen molar-refractivity contribution in [1.82, 2.24) is 0 Å². The Hall–Kier alpha value is -12.6. The molecule has 9 aromatic rings. The smallest absolute Gasteiger partial charge is 0.508 e. The fourth-order valence-electron chi connectivity index (χ4n) is 5.28. The highest BCUT2D eigenvalue weighted by Crippen LogP contribution is 2.16. The van der Waals surface area contributed by atoms with Gasteiger partial charge in [0.2, 0.25) is 0 Å². The monoisotopic (exact) mass is 1320 g/mol. The molecule has 0 aromatic heterocycles. The first-order valence-corrected chi connectivity index (χ1v) is 27.1. The van der Waals surface area contributed by atoms with E-state index in [1.807, 2.05) is 54.6 Å². The molecule has 95 heavy (non-hydrogen) atoms. The minimum Gasteiger partial charge on any atom is -0.508 e. The maximum Gasteiger partial charge on any atom is 0.519 e. The first-order valence-electron chi connectivity index (χ1n) is 27.1. The number of aliphatic hydroxyl groups excluding tert-OH is 2. The van der Waals surface area contributed by atoms with Crippen molar-refractivity contribution in [3.8, 4) is 51.7 Å². The van der Waals surface area contributed by atoms with Crippen LogP contribution in [0.5, 0.6) is 51.7 Å². The third-order valence-corrected chi connectivity index (χ3v) is 9.29. The summed E-state index contributed by atoms with van der Waals surface area (Å²) in [5.41, 5.74) is 0. The molecule has 9 aromatic carbocycles. The minimum absolute atomic E-state index is 0.322. The van der Waals surface area contributed by atoms with Gasteiger partial charge in [-0.15, -0.1) is 0 Å². The Bertz CT molecular complexity index is 2930. The van der Waals surface area contributed by atoms with E-state index in [2.05, 4.69) is 33.2 Å². The van der Waals surface area contributed by atoms with Crippen molar-refractivity contribution in [3.63, 3.8) is 0 Å². The normalized spacial score (nSPS) is 8.54. The Labute approximate surface area is 550 Å². The van der Waals surface area contributed by atoms with Gasteiger partial charge in [-0.1, -0.05) is 164 Å². The number of hydrogen-bond donors (Lipinski definition) is 4. The van der Waals surface area contributed by atoms with Crippen LogP contribution in [0.25, 0.3) is 0 Å². The van der Waals surface area contributed by atoms with Crippen LogP contribution in [0, 0.1) is 0 Å². The third kappa shape index (κ3) is 49.9. The summed E-state index contributed by atoms with van der Waals surface area (Å²) in [6, 6.07) is 78.8. The molecule has 0 saturated heterocycles. The van der Waals surface area contributed by atoms with E-state index < -0.39 is 43.1 Å². The summed E-state index contributed by atoms with van der Waals surface area (Å²) in [6.07, 6.45) is -4.89. The molecule has 0 bridgehead atoms. The standard InChI is InChI=1S/2C13H10O3.3C8H8O3.2C6H6O.2C3H6O3.2CH4O/c2*14-13(15-11-7-3-1-4-8-11)16-12-9-5-2-6-10-12;3*1-10-8(9)11-7-5-3-2-4-6-7;2*7-6-4-2-1-3-5-6;2*1-5-3(4)6-2;2*1-2/h2*1-10H;3*2-6H,1H3;2*1-5,7H;2*1-2H3;2*2H,1H3. The molecule has 506 valence electrons. The summed E-state index contributed by atoms with van der Waals surface area (Å²) in [6.45, 7) is 0. The van der Waals surface area contributed by atoms with Gasteiger partial charge in [0.15, 0.2) is 0 Å². The van der Waals surface area contributed by atoms with Gasteiger partial charge in [-0.25, -0.2) is 33.6 Å². The molecular weight excluding hydrogens is 1240 g/mol. The van der Waals surface area contributed by atoms with Gasteiger partial charge < -0.3 is 86.7 Å². The molecular formula is C70H76O25. The van der Waals surface area contributed by atoms with Crippen LogP contribution in [-0.4, -0.2) is 128 Å². The second-order valence-corrected chi connectivity index (χ2v) is 15.8. The highest BCUT2D eigenvalue weighted by atomic mass is 16.8. The zero-order chi connectivity index (χ0) is 71.0. The summed E-state index contributed by atoms with van der Waals surface area (Å²) >= 11 is 0. The van der Waals surface area contributed by atoms with Crippen LogP contribution in [0.3, 0.4) is 0 Å². The molecule has 0 aliphatic rings. The molecule has 0 spiro atoms. The zero-order valence-corrected chi connectivity index (χ0v) is 53.3. The lowest BCUT2D eigenvalue weighted by Crippen LogP contribution is -2.13. The van der Waals surface area contributed by atoms with Crippen LogP contribution in [0.2, 0.25) is 0 Å². The lowest BCUT2D eigenvalue weighted by Gasteiger charge is -2.04. The van der Waals surface area contributed by atoms with Crippen LogP contribution >= 0.6 is 0 Å². The molecule has 0 fully saturated rings. The molecule has 0 aliphatic heterocycles. The quantitative estimate of drug-likeness (QED) is 0.0654. The van der Waals surface area contributed by atoms with Crippen molar-refractivity contribution < 1.29 is 120 Å². The molecule has 0 heterocycles. The number of ether oxygens (including phenoxy) is 14. The molecule has 0 atom stereocenters. The average Bonchev–Trinajstić information content (AvgIpc) is 2.91. The predicted octanol–water partition coefficient (Wildman–Crippen LogP) is 14.8. The number of aromatic hydroxyl groups is 2. The van der Waals surface area contributed by atoms with Crippen molar-refractivity contribution in [1.29, 1.82) is 0 Å². The summed E-state index contributed by atoms with van der Waals surface area (Å²) in [7, 11) is 10.8. The second-order valence-electron chi connectivity index (χ2n) is 15.8. The van der Waals surface area contributed by atoms with Gasteiger partial charge >= 0.3 is 43.1 Å². The zero-order valence-electron chi connectivity index (χ0n) is 53.3. The van der Waals surface area contributed by atoms with Crippen molar-refractivity contribution in [3.05, 3.63) is 273 Å². The Morgan fingerprint density at radius 1 is 0.189 bits per heavy atom. The van der Waals surface area contributed by atoms with Gasteiger partial charge in [-0.2, -0.15) is 0 Å². The van der Waals surface area contributed by atoms with Crippen molar-refractivity contribution in [2.45, 2.75) is 0 Å². The van der Waals surface area contributed by atoms with Crippen molar-refractivity contribution in [2.75, 3.05) is 64.0 Å². The van der Waals surface area contributed by atoms with Crippen LogP contribution in [0.4, 0.5) is 33.6 Å². The number of aliphatic hydroxyl groups is 2. The van der Waals surface area contributed by atoms with Gasteiger partial charge in [-0.3, -0.25) is 0 Å².